The van der Waals surface area contributed by atoms with Crippen molar-refractivity contribution in [3.63, 3.8) is 0 Å². The van der Waals surface area contributed by atoms with Crippen molar-refractivity contribution in [3.8, 4) is 0 Å². The highest BCUT2D eigenvalue weighted by atomic mass is 16.1. The highest BCUT2D eigenvalue weighted by molar-refractivity contribution is 5.83. The van der Waals surface area contributed by atoms with Crippen LogP contribution in [0.4, 0.5) is 0 Å². The third-order valence-corrected chi connectivity index (χ3v) is 5.60. The Hall–Kier alpha value is -0.490. The molecule has 30 heavy (non-hydrogen) atoms. The Morgan fingerprint density at radius 2 is 1.40 bits per heavy atom. The van der Waals surface area contributed by atoms with Gasteiger partial charge in [-0.05, 0) is 77.0 Å². The fourth-order valence-corrected chi connectivity index (χ4v) is 3.96. The van der Waals surface area contributed by atoms with E-state index in [1.807, 2.05) is 0 Å². The number of rotatable bonds is 21. The summed E-state index contributed by atoms with van der Waals surface area (Å²) in [5.74, 6) is 0.257. The Morgan fingerprint density at radius 3 is 2.03 bits per heavy atom. The van der Waals surface area contributed by atoms with Gasteiger partial charge in [-0.25, -0.2) is 0 Å². The Balaban J connectivity index is 3.46. The summed E-state index contributed by atoms with van der Waals surface area (Å²) < 4.78 is 0. The van der Waals surface area contributed by atoms with Crippen LogP contribution in [0.2, 0.25) is 0 Å². The average Bonchev–Trinajstić information content (AvgIpc) is 2.66. The highest BCUT2D eigenvalue weighted by Gasteiger charge is 2.15. The van der Waals surface area contributed by atoms with Crippen LogP contribution in [-0.2, 0) is 4.79 Å². The monoisotopic (exact) mass is 426 g/mol. The van der Waals surface area contributed by atoms with Crippen LogP contribution in [0.25, 0.3) is 0 Å². The molecule has 0 saturated heterocycles. The molecule has 1 unspecified atom stereocenters. The largest absolute Gasteiger partial charge is 0.330 e. The van der Waals surface area contributed by atoms with Crippen molar-refractivity contribution in [1.29, 1.82) is 0 Å². The number of Topliss-reactive ketones (excluding diaryl/α,β-unsaturated/α-hetero) is 1. The molecule has 5 heteroatoms. The Morgan fingerprint density at radius 1 is 0.833 bits per heavy atom. The van der Waals surface area contributed by atoms with E-state index < -0.39 is 0 Å². The van der Waals surface area contributed by atoms with Crippen LogP contribution < -0.4 is 22.1 Å². The van der Waals surface area contributed by atoms with E-state index in [-0.39, 0.29) is 11.8 Å². The summed E-state index contributed by atoms with van der Waals surface area (Å²) >= 11 is 0. The topological polar surface area (TPSA) is 93.2 Å². The lowest BCUT2D eigenvalue weighted by molar-refractivity contribution is -0.120. The maximum absolute atomic E-state index is 12.2. The van der Waals surface area contributed by atoms with Crippen LogP contribution in [0, 0.1) is 5.41 Å². The first-order chi connectivity index (χ1) is 14.3. The molecular weight excluding hydrogens is 372 g/mol. The number of hydrogen-bond acceptors (Lipinski definition) is 5. The number of ketones is 1. The van der Waals surface area contributed by atoms with Gasteiger partial charge < -0.3 is 22.1 Å². The maximum Gasteiger partial charge on any atom is 0.149 e. The molecular formula is C25H54N4O. The number of hydrogen-bond donors (Lipinski definition) is 4. The fourth-order valence-electron chi connectivity index (χ4n) is 3.96. The van der Waals surface area contributed by atoms with Gasteiger partial charge in [0.05, 0.1) is 6.04 Å². The van der Waals surface area contributed by atoms with E-state index in [1.54, 1.807) is 0 Å². The van der Waals surface area contributed by atoms with Crippen molar-refractivity contribution < 1.29 is 4.79 Å². The summed E-state index contributed by atoms with van der Waals surface area (Å²) in [6.07, 6.45) is 14.4. The molecule has 0 aliphatic heterocycles. The second kappa shape index (κ2) is 19.2. The van der Waals surface area contributed by atoms with Crippen molar-refractivity contribution in [2.24, 2.45) is 16.9 Å². The lowest BCUT2D eigenvalue weighted by Gasteiger charge is -2.24. The number of carbonyl (C=O) groups excluding carboxylic acids is 1. The number of unbranched alkanes of at least 4 members (excludes halogenated alkanes) is 7. The van der Waals surface area contributed by atoms with Crippen molar-refractivity contribution in [1.82, 2.24) is 10.6 Å². The summed E-state index contributed by atoms with van der Waals surface area (Å²) in [5, 5.41) is 7.01. The average molecular weight is 427 g/mol. The zero-order valence-electron chi connectivity index (χ0n) is 20.7. The molecule has 0 aliphatic carbocycles. The van der Waals surface area contributed by atoms with Crippen LogP contribution >= 0.6 is 0 Å². The van der Waals surface area contributed by atoms with Crippen LogP contribution in [0.15, 0.2) is 0 Å². The quantitative estimate of drug-likeness (QED) is 0.202. The SMILES string of the molecule is CC(CC(C)(C)C)NCCCC[C@@H](N)C(=O)CCCCCCCCCNCCCN. The third-order valence-electron chi connectivity index (χ3n) is 5.60. The minimum Gasteiger partial charge on any atom is -0.330 e. The molecule has 0 aromatic heterocycles. The highest BCUT2D eigenvalue weighted by Crippen LogP contribution is 2.20. The fraction of sp³-hybridized carbons (Fsp3) is 0.960. The minimum atomic E-state index is -0.260. The molecule has 0 heterocycles. The number of nitrogens with two attached hydrogens (primary N) is 2. The Bertz CT molecular complexity index is 395. The summed E-state index contributed by atoms with van der Waals surface area (Å²) in [7, 11) is 0. The predicted octanol–water partition coefficient (Wildman–Crippen LogP) is 4.53. The van der Waals surface area contributed by atoms with E-state index in [4.69, 9.17) is 11.5 Å². The molecule has 5 nitrogen and oxygen atoms in total. The van der Waals surface area contributed by atoms with Gasteiger partial charge in [0.25, 0.3) is 0 Å². The summed E-state index contributed by atoms with van der Waals surface area (Å²) in [5.41, 5.74) is 11.9. The number of carbonyl (C=O) groups is 1. The van der Waals surface area contributed by atoms with Gasteiger partial charge in [-0.3, -0.25) is 4.79 Å². The maximum atomic E-state index is 12.2. The lowest BCUT2D eigenvalue weighted by Crippen LogP contribution is -2.32. The predicted molar refractivity (Wildman–Crippen MR) is 132 cm³/mol. The first kappa shape index (κ1) is 29.5. The normalized spacial score (nSPS) is 14.1. The van der Waals surface area contributed by atoms with Crippen molar-refractivity contribution in [3.05, 3.63) is 0 Å². The van der Waals surface area contributed by atoms with Gasteiger partial charge in [-0.15, -0.1) is 0 Å². The number of nitrogens with one attached hydrogen (secondary N) is 2. The molecule has 0 aliphatic rings. The van der Waals surface area contributed by atoms with E-state index in [0.29, 0.717) is 17.9 Å². The molecule has 2 atom stereocenters. The van der Waals surface area contributed by atoms with Crippen LogP contribution in [0.3, 0.4) is 0 Å². The van der Waals surface area contributed by atoms with Crippen LogP contribution in [-0.4, -0.2) is 44.0 Å². The smallest absolute Gasteiger partial charge is 0.149 e. The summed E-state index contributed by atoms with van der Waals surface area (Å²) in [6, 6.07) is 0.280. The van der Waals surface area contributed by atoms with Gasteiger partial charge in [0, 0.05) is 12.5 Å². The standard InChI is InChI=1S/C25H54N4O/c1-22(21-25(2,3)4)29-20-13-11-15-23(27)24(30)16-10-8-6-5-7-9-12-18-28-19-14-17-26/h22-23,28-29H,5-21,26-27H2,1-4H3/t22?,23-/m1/s1. The van der Waals surface area contributed by atoms with Gasteiger partial charge in [-0.1, -0.05) is 59.3 Å². The van der Waals surface area contributed by atoms with Crippen LogP contribution in [0.5, 0.6) is 0 Å². The first-order valence-electron chi connectivity index (χ1n) is 12.7. The zero-order chi connectivity index (χ0) is 22.7. The molecule has 0 fully saturated rings. The van der Waals surface area contributed by atoms with E-state index >= 15 is 0 Å². The summed E-state index contributed by atoms with van der Waals surface area (Å²) in [6.45, 7) is 13.0. The molecule has 0 spiro atoms. The molecule has 0 rings (SSSR count). The van der Waals surface area contributed by atoms with Gasteiger partial charge in [-0.2, -0.15) is 0 Å². The van der Waals surface area contributed by atoms with E-state index in [2.05, 4.69) is 38.3 Å². The lowest BCUT2D eigenvalue weighted by atomic mass is 9.89. The second-order valence-corrected chi connectivity index (χ2v) is 10.3. The molecule has 0 bridgehead atoms. The second-order valence-electron chi connectivity index (χ2n) is 10.3. The van der Waals surface area contributed by atoms with Crippen molar-refractivity contribution in [2.45, 2.75) is 123 Å². The van der Waals surface area contributed by atoms with Gasteiger partial charge >= 0.3 is 0 Å². The molecule has 6 N–H and O–H groups in total. The van der Waals surface area contributed by atoms with Crippen molar-refractivity contribution in [2.75, 3.05) is 26.2 Å². The van der Waals surface area contributed by atoms with E-state index in [1.165, 1.54) is 38.5 Å². The molecule has 0 amide bonds. The third kappa shape index (κ3) is 20.8. The molecule has 0 radical (unpaired) electrons. The molecule has 0 aromatic rings. The Kier molecular flexibility index (Phi) is 18.9. The van der Waals surface area contributed by atoms with Gasteiger partial charge in [0.2, 0.25) is 0 Å². The summed E-state index contributed by atoms with van der Waals surface area (Å²) in [4.78, 5) is 12.2. The minimum absolute atomic E-state index is 0.257. The van der Waals surface area contributed by atoms with E-state index in [9.17, 15) is 4.79 Å². The molecule has 0 aromatic carbocycles. The van der Waals surface area contributed by atoms with Crippen LogP contribution in [0.1, 0.15) is 111 Å². The van der Waals surface area contributed by atoms with Crippen molar-refractivity contribution >= 4 is 5.78 Å². The van der Waals surface area contributed by atoms with E-state index in [0.717, 1.165) is 64.7 Å². The molecule has 180 valence electrons. The Labute approximate surface area is 187 Å². The first-order valence-corrected chi connectivity index (χ1v) is 12.7. The van der Waals surface area contributed by atoms with Gasteiger partial charge in [0.15, 0.2) is 0 Å². The molecule has 0 saturated carbocycles. The van der Waals surface area contributed by atoms with Gasteiger partial charge in [0.1, 0.15) is 5.78 Å². The zero-order valence-corrected chi connectivity index (χ0v) is 20.7.